The molecule has 1 saturated carbocycles. The van der Waals surface area contributed by atoms with E-state index in [4.69, 9.17) is 9.31 Å². The summed E-state index contributed by atoms with van der Waals surface area (Å²) in [7, 11) is 1.21. The first kappa shape index (κ1) is 15.0. The summed E-state index contributed by atoms with van der Waals surface area (Å²) in [5, 5.41) is 1.38. The summed E-state index contributed by atoms with van der Waals surface area (Å²) in [4.78, 5) is 0. The van der Waals surface area contributed by atoms with Crippen LogP contribution in [0.3, 0.4) is 0 Å². The van der Waals surface area contributed by atoms with Crippen LogP contribution in [0, 0.1) is 5.41 Å². The molecule has 1 fully saturated rings. The maximum atomic E-state index is 6.07. The summed E-state index contributed by atoms with van der Waals surface area (Å²) in [6.45, 7) is 6.82. The first-order valence-corrected chi connectivity index (χ1v) is 9.01. The molecule has 0 spiro atoms. The van der Waals surface area contributed by atoms with E-state index in [9.17, 15) is 0 Å². The third-order valence-corrected chi connectivity index (χ3v) is 6.25. The first-order chi connectivity index (χ1) is 10.0. The van der Waals surface area contributed by atoms with Crippen molar-refractivity contribution in [1.82, 2.24) is 0 Å². The molecule has 1 aromatic carbocycles. The van der Waals surface area contributed by atoms with E-state index in [0.717, 1.165) is 17.2 Å². The zero-order valence-corrected chi connectivity index (χ0v) is 14.2. The van der Waals surface area contributed by atoms with Gasteiger partial charge in [-0.3, -0.25) is 0 Å². The van der Waals surface area contributed by atoms with Crippen LogP contribution in [0.4, 0.5) is 0 Å². The highest BCUT2D eigenvalue weighted by Gasteiger charge is 2.42. The number of rotatable bonds is 2. The third kappa shape index (κ3) is 3.45. The lowest BCUT2D eigenvalue weighted by Gasteiger charge is -2.26. The second kappa shape index (κ2) is 6.05. The lowest BCUT2D eigenvalue weighted by Crippen LogP contribution is -2.42. The van der Waals surface area contributed by atoms with Crippen LogP contribution in [0.15, 0.2) is 24.3 Å². The first-order valence-electron chi connectivity index (χ1n) is 8.04. The Morgan fingerprint density at radius 2 is 1.62 bits per heavy atom. The summed E-state index contributed by atoms with van der Waals surface area (Å²) in [5.41, 5.74) is 0.884. The Labute approximate surface area is 130 Å². The van der Waals surface area contributed by atoms with Gasteiger partial charge in [0.2, 0.25) is 0 Å². The predicted molar refractivity (Wildman–Crippen MR) is 91.7 cm³/mol. The van der Waals surface area contributed by atoms with Gasteiger partial charge in [0.25, 0.3) is 0 Å². The van der Waals surface area contributed by atoms with Gasteiger partial charge in [0.05, 0.1) is 0 Å². The summed E-state index contributed by atoms with van der Waals surface area (Å²) in [6, 6.07) is 7.99. The SMILES string of the molecule is CC(C)(C)C(=PC1CCCCC1)B1Oc2ccccc2O1. The minimum atomic E-state index is -0.217. The van der Waals surface area contributed by atoms with Crippen molar-refractivity contribution in [3.8, 4) is 11.5 Å². The molecule has 0 radical (unpaired) electrons. The summed E-state index contributed by atoms with van der Waals surface area (Å²) in [5.74, 6) is 1.76. The maximum Gasteiger partial charge on any atom is 0.633 e. The lowest BCUT2D eigenvalue weighted by atomic mass is 9.70. The molecule has 0 amide bonds. The second-order valence-electron chi connectivity index (χ2n) is 7.07. The molecule has 4 heteroatoms. The Kier molecular flexibility index (Phi) is 4.31. The highest BCUT2D eigenvalue weighted by molar-refractivity contribution is 7.48. The molecule has 112 valence electrons. The molecule has 0 atom stereocenters. The van der Waals surface area contributed by atoms with Gasteiger partial charge in [-0.25, -0.2) is 0 Å². The zero-order valence-electron chi connectivity index (χ0n) is 13.3. The van der Waals surface area contributed by atoms with Crippen molar-refractivity contribution in [2.45, 2.75) is 58.5 Å². The van der Waals surface area contributed by atoms with E-state index in [1.807, 2.05) is 24.3 Å². The second-order valence-corrected chi connectivity index (χ2v) is 8.54. The molecule has 1 aliphatic heterocycles. The van der Waals surface area contributed by atoms with E-state index < -0.39 is 0 Å². The number of para-hydroxylation sites is 2. The van der Waals surface area contributed by atoms with Crippen LogP contribution in [0.2, 0.25) is 0 Å². The lowest BCUT2D eigenvalue weighted by molar-refractivity contribution is 0.505. The van der Waals surface area contributed by atoms with Crippen molar-refractivity contribution in [3.05, 3.63) is 24.3 Å². The van der Waals surface area contributed by atoms with E-state index in [1.165, 1.54) is 45.5 Å². The van der Waals surface area contributed by atoms with E-state index in [-0.39, 0.29) is 12.5 Å². The van der Waals surface area contributed by atoms with Crippen LogP contribution >= 0.6 is 8.20 Å². The Morgan fingerprint density at radius 3 is 2.14 bits per heavy atom. The van der Waals surface area contributed by atoms with Crippen LogP contribution in [-0.2, 0) is 0 Å². The Bertz CT molecular complexity index is 505. The van der Waals surface area contributed by atoms with E-state index in [0.29, 0.717) is 0 Å². The molecule has 0 aromatic heterocycles. The predicted octanol–water partition coefficient (Wildman–Crippen LogP) is 4.98. The minimum Gasteiger partial charge on any atom is -0.519 e. The molecule has 0 bridgehead atoms. The molecule has 0 saturated heterocycles. The molecule has 0 unspecified atom stereocenters. The van der Waals surface area contributed by atoms with Crippen molar-refractivity contribution >= 4 is 20.5 Å². The normalized spacial score (nSPS) is 20.0. The highest BCUT2D eigenvalue weighted by Crippen LogP contribution is 2.38. The molecule has 1 aliphatic carbocycles. The van der Waals surface area contributed by atoms with Crippen molar-refractivity contribution in [2.24, 2.45) is 5.41 Å². The van der Waals surface area contributed by atoms with Gasteiger partial charge in [0.15, 0.2) is 0 Å². The van der Waals surface area contributed by atoms with E-state index in [2.05, 4.69) is 20.8 Å². The van der Waals surface area contributed by atoms with Gasteiger partial charge in [-0.15, -0.1) is 8.20 Å². The quantitative estimate of drug-likeness (QED) is 0.566. The van der Waals surface area contributed by atoms with Crippen LogP contribution in [0.1, 0.15) is 52.9 Å². The Hall–Kier alpha value is -0.945. The number of hydrogen-bond acceptors (Lipinski definition) is 2. The minimum absolute atomic E-state index is 0.103. The molecule has 0 N–H and O–H groups in total. The maximum absolute atomic E-state index is 6.07. The molecule has 1 heterocycles. The monoisotopic (exact) mass is 302 g/mol. The topological polar surface area (TPSA) is 18.5 Å². The Morgan fingerprint density at radius 1 is 1.05 bits per heavy atom. The Balaban J connectivity index is 1.83. The molecule has 21 heavy (non-hydrogen) atoms. The smallest absolute Gasteiger partial charge is 0.519 e. The molecule has 2 aliphatic rings. The number of benzene rings is 1. The third-order valence-electron chi connectivity index (χ3n) is 4.21. The molecular formula is C17H24BO2P. The zero-order chi connectivity index (χ0) is 14.9. The number of hydrogen-bond donors (Lipinski definition) is 0. The van der Waals surface area contributed by atoms with Crippen LogP contribution in [0.5, 0.6) is 11.5 Å². The molecule has 1 aromatic rings. The van der Waals surface area contributed by atoms with E-state index in [1.54, 1.807) is 0 Å². The fourth-order valence-electron chi connectivity index (χ4n) is 3.03. The van der Waals surface area contributed by atoms with Gasteiger partial charge in [-0.05, 0) is 30.4 Å². The standard InChI is InChI=1S/C17H24BO2P/c1-17(2,3)16(21-13-9-5-4-6-10-13)18-19-14-11-7-8-12-15(14)20-18/h7-8,11-13H,4-6,9-10H2,1-3H3. The molecule has 3 rings (SSSR count). The summed E-state index contributed by atoms with van der Waals surface area (Å²) >= 11 is 0. The van der Waals surface area contributed by atoms with E-state index >= 15 is 0 Å². The van der Waals surface area contributed by atoms with Crippen molar-refractivity contribution in [1.29, 1.82) is 0 Å². The number of fused-ring (bicyclic) bond motifs is 1. The van der Waals surface area contributed by atoms with Crippen molar-refractivity contribution in [3.63, 3.8) is 0 Å². The summed E-state index contributed by atoms with van der Waals surface area (Å²) < 4.78 is 12.1. The van der Waals surface area contributed by atoms with Gasteiger partial charge >= 0.3 is 7.12 Å². The fraction of sp³-hybridized carbons (Fsp3) is 0.588. The van der Waals surface area contributed by atoms with Gasteiger partial charge in [-0.1, -0.05) is 52.2 Å². The van der Waals surface area contributed by atoms with Crippen LogP contribution < -0.4 is 9.31 Å². The highest BCUT2D eigenvalue weighted by atomic mass is 31.1. The summed E-state index contributed by atoms with van der Waals surface area (Å²) in [6.07, 6.45) is 6.85. The molecule has 2 nitrogen and oxygen atoms in total. The van der Waals surface area contributed by atoms with Crippen molar-refractivity contribution < 1.29 is 9.31 Å². The largest absolute Gasteiger partial charge is 0.633 e. The average Bonchev–Trinajstić information content (AvgIpc) is 2.88. The average molecular weight is 302 g/mol. The van der Waals surface area contributed by atoms with Crippen LogP contribution in [-0.4, -0.2) is 18.0 Å². The fourth-order valence-corrected chi connectivity index (χ4v) is 4.66. The van der Waals surface area contributed by atoms with Gasteiger partial charge < -0.3 is 9.31 Å². The van der Waals surface area contributed by atoms with Gasteiger partial charge in [0.1, 0.15) is 11.5 Å². The molecular weight excluding hydrogens is 278 g/mol. The van der Waals surface area contributed by atoms with Gasteiger partial charge in [-0.2, -0.15) is 0 Å². The van der Waals surface area contributed by atoms with Crippen LogP contribution in [0.25, 0.3) is 0 Å². The van der Waals surface area contributed by atoms with Crippen molar-refractivity contribution in [2.75, 3.05) is 0 Å². The van der Waals surface area contributed by atoms with Gasteiger partial charge in [0, 0.05) is 10.9 Å².